The lowest BCUT2D eigenvalue weighted by Gasteiger charge is -2.17. The number of amides is 2. The molecule has 2 aromatic rings. The Morgan fingerprint density at radius 3 is 2.45 bits per heavy atom. The van der Waals surface area contributed by atoms with Crippen LogP contribution in [0.25, 0.3) is 0 Å². The Bertz CT molecular complexity index is 676. The van der Waals surface area contributed by atoms with Gasteiger partial charge in [-0.1, -0.05) is 6.07 Å². The van der Waals surface area contributed by atoms with E-state index in [-0.39, 0.29) is 11.8 Å². The van der Waals surface area contributed by atoms with Gasteiger partial charge in [-0.25, -0.2) is 0 Å². The van der Waals surface area contributed by atoms with Crippen LogP contribution in [0.15, 0.2) is 41.8 Å². The second kappa shape index (κ2) is 5.81. The first-order valence-electron chi connectivity index (χ1n) is 6.94. The molecular formula is C16H16N2O3S. The van der Waals surface area contributed by atoms with Crippen LogP contribution in [0.5, 0.6) is 5.75 Å². The van der Waals surface area contributed by atoms with E-state index >= 15 is 0 Å². The van der Waals surface area contributed by atoms with Crippen LogP contribution in [0.2, 0.25) is 0 Å². The highest BCUT2D eigenvalue weighted by Gasteiger charge is 2.51. The third kappa shape index (κ3) is 2.96. The summed E-state index contributed by atoms with van der Waals surface area (Å²) in [5, 5.41) is 7.53. The van der Waals surface area contributed by atoms with Crippen LogP contribution in [-0.4, -0.2) is 24.5 Å². The standard InChI is InChI=1S/C16H16N2O3S/c1-21-12-6-4-11(5-7-12)17-15(20)16(8-9-16)18-14(19)13-3-2-10-22-13/h2-7,10H,8-9H2,1H3,(H,17,20)(H,18,19). The molecule has 0 bridgehead atoms. The maximum Gasteiger partial charge on any atom is 0.262 e. The summed E-state index contributed by atoms with van der Waals surface area (Å²) < 4.78 is 5.08. The first kappa shape index (κ1) is 14.6. The smallest absolute Gasteiger partial charge is 0.262 e. The van der Waals surface area contributed by atoms with Gasteiger partial charge in [0.05, 0.1) is 12.0 Å². The van der Waals surface area contributed by atoms with Crippen LogP contribution < -0.4 is 15.4 Å². The van der Waals surface area contributed by atoms with Gasteiger partial charge in [-0.2, -0.15) is 0 Å². The van der Waals surface area contributed by atoms with Crippen molar-refractivity contribution < 1.29 is 14.3 Å². The number of ether oxygens (including phenoxy) is 1. The lowest BCUT2D eigenvalue weighted by Crippen LogP contribution is -2.45. The minimum atomic E-state index is -0.777. The topological polar surface area (TPSA) is 67.4 Å². The van der Waals surface area contributed by atoms with E-state index in [4.69, 9.17) is 4.74 Å². The molecule has 0 saturated heterocycles. The van der Waals surface area contributed by atoms with Gasteiger partial charge in [0.15, 0.2) is 0 Å². The number of hydrogen-bond donors (Lipinski definition) is 2. The van der Waals surface area contributed by atoms with E-state index in [1.807, 2.05) is 11.4 Å². The number of hydrogen-bond acceptors (Lipinski definition) is 4. The molecule has 0 unspecified atom stereocenters. The third-order valence-corrected chi connectivity index (χ3v) is 4.50. The van der Waals surface area contributed by atoms with Crippen LogP contribution in [0.3, 0.4) is 0 Å². The Balaban J connectivity index is 1.64. The van der Waals surface area contributed by atoms with Crippen molar-refractivity contribution in [2.75, 3.05) is 12.4 Å². The van der Waals surface area contributed by atoms with Crippen molar-refractivity contribution in [3.05, 3.63) is 46.7 Å². The number of carbonyl (C=O) groups excluding carboxylic acids is 2. The molecule has 6 heteroatoms. The predicted molar refractivity (Wildman–Crippen MR) is 85.4 cm³/mol. The number of anilines is 1. The fourth-order valence-electron chi connectivity index (χ4n) is 2.15. The maximum atomic E-state index is 12.4. The molecule has 0 aliphatic heterocycles. The molecular weight excluding hydrogens is 300 g/mol. The van der Waals surface area contributed by atoms with Gasteiger partial charge in [-0.05, 0) is 48.6 Å². The molecule has 1 aromatic carbocycles. The first-order chi connectivity index (χ1) is 10.6. The van der Waals surface area contributed by atoms with Crippen molar-refractivity contribution in [3.63, 3.8) is 0 Å². The van der Waals surface area contributed by atoms with Gasteiger partial charge in [0.1, 0.15) is 11.3 Å². The summed E-state index contributed by atoms with van der Waals surface area (Å²) in [4.78, 5) is 25.1. The van der Waals surface area contributed by atoms with Gasteiger partial charge in [0.25, 0.3) is 5.91 Å². The Hall–Kier alpha value is -2.34. The molecule has 1 saturated carbocycles. The highest BCUT2D eigenvalue weighted by atomic mass is 32.1. The largest absolute Gasteiger partial charge is 0.497 e. The van der Waals surface area contributed by atoms with E-state index in [2.05, 4.69) is 10.6 Å². The van der Waals surface area contributed by atoms with E-state index in [1.54, 1.807) is 37.4 Å². The molecule has 1 aromatic heterocycles. The van der Waals surface area contributed by atoms with Gasteiger partial charge in [-0.3, -0.25) is 9.59 Å². The quantitative estimate of drug-likeness (QED) is 0.891. The van der Waals surface area contributed by atoms with Crippen LogP contribution in [-0.2, 0) is 4.79 Å². The number of carbonyl (C=O) groups is 2. The van der Waals surface area contributed by atoms with Crippen molar-refractivity contribution in [1.82, 2.24) is 5.32 Å². The average Bonchev–Trinajstić information content (AvgIpc) is 3.11. The van der Waals surface area contributed by atoms with Crippen molar-refractivity contribution in [1.29, 1.82) is 0 Å². The molecule has 5 nitrogen and oxygen atoms in total. The van der Waals surface area contributed by atoms with Gasteiger partial charge in [0, 0.05) is 5.69 Å². The van der Waals surface area contributed by atoms with Crippen molar-refractivity contribution in [2.45, 2.75) is 18.4 Å². The second-order valence-corrected chi connectivity index (χ2v) is 6.14. The number of methoxy groups -OCH3 is 1. The lowest BCUT2D eigenvalue weighted by atomic mass is 10.2. The Labute approximate surface area is 132 Å². The minimum absolute atomic E-state index is 0.178. The normalized spacial score (nSPS) is 15.0. The minimum Gasteiger partial charge on any atom is -0.497 e. The number of rotatable bonds is 5. The molecule has 0 atom stereocenters. The molecule has 1 aliphatic carbocycles. The van der Waals surface area contributed by atoms with Gasteiger partial charge < -0.3 is 15.4 Å². The van der Waals surface area contributed by atoms with Crippen LogP contribution in [0, 0.1) is 0 Å². The van der Waals surface area contributed by atoms with Crippen LogP contribution in [0.1, 0.15) is 22.5 Å². The molecule has 3 rings (SSSR count). The van der Waals surface area contributed by atoms with Gasteiger partial charge in [0.2, 0.25) is 5.91 Å². The SMILES string of the molecule is COc1ccc(NC(=O)C2(NC(=O)c3cccs3)CC2)cc1. The molecule has 2 amide bonds. The molecule has 0 radical (unpaired) electrons. The fraction of sp³-hybridized carbons (Fsp3) is 0.250. The van der Waals surface area contributed by atoms with E-state index in [9.17, 15) is 9.59 Å². The van der Waals surface area contributed by atoms with E-state index in [0.717, 1.165) is 5.75 Å². The Morgan fingerprint density at radius 2 is 1.91 bits per heavy atom. The first-order valence-corrected chi connectivity index (χ1v) is 7.82. The third-order valence-electron chi connectivity index (χ3n) is 3.63. The highest BCUT2D eigenvalue weighted by Crippen LogP contribution is 2.37. The Morgan fingerprint density at radius 1 is 1.18 bits per heavy atom. The number of benzene rings is 1. The summed E-state index contributed by atoms with van der Waals surface area (Å²) >= 11 is 1.36. The molecule has 114 valence electrons. The van der Waals surface area contributed by atoms with Crippen molar-refractivity contribution in [2.24, 2.45) is 0 Å². The zero-order chi connectivity index (χ0) is 15.6. The molecule has 1 heterocycles. The summed E-state index contributed by atoms with van der Waals surface area (Å²) in [5.41, 5.74) is -0.0940. The van der Waals surface area contributed by atoms with Crippen molar-refractivity contribution in [3.8, 4) is 5.75 Å². The van der Waals surface area contributed by atoms with Gasteiger partial charge >= 0.3 is 0 Å². The summed E-state index contributed by atoms with van der Waals surface area (Å²) in [7, 11) is 1.59. The monoisotopic (exact) mass is 316 g/mol. The molecule has 22 heavy (non-hydrogen) atoms. The van der Waals surface area contributed by atoms with E-state index < -0.39 is 5.54 Å². The van der Waals surface area contributed by atoms with Crippen molar-refractivity contribution >= 4 is 28.8 Å². The molecule has 1 fully saturated rings. The summed E-state index contributed by atoms with van der Waals surface area (Å²) in [6.07, 6.45) is 1.32. The lowest BCUT2D eigenvalue weighted by molar-refractivity contribution is -0.118. The fourth-order valence-corrected chi connectivity index (χ4v) is 2.76. The van der Waals surface area contributed by atoms with E-state index in [1.165, 1.54) is 11.3 Å². The highest BCUT2D eigenvalue weighted by molar-refractivity contribution is 7.12. The number of nitrogens with one attached hydrogen (secondary N) is 2. The molecule has 1 aliphatic rings. The summed E-state index contributed by atoms with van der Waals surface area (Å²) in [6.45, 7) is 0. The second-order valence-electron chi connectivity index (χ2n) is 5.20. The number of thiophene rings is 1. The van der Waals surface area contributed by atoms with Crippen LogP contribution >= 0.6 is 11.3 Å². The zero-order valence-electron chi connectivity index (χ0n) is 12.1. The Kier molecular flexibility index (Phi) is 3.85. The summed E-state index contributed by atoms with van der Waals surface area (Å²) in [5.74, 6) is 0.352. The molecule has 0 spiro atoms. The predicted octanol–water partition coefficient (Wildman–Crippen LogP) is 2.66. The zero-order valence-corrected chi connectivity index (χ0v) is 12.9. The summed E-state index contributed by atoms with van der Waals surface area (Å²) in [6, 6.07) is 10.7. The average molecular weight is 316 g/mol. The molecule has 2 N–H and O–H groups in total. The van der Waals surface area contributed by atoms with Crippen LogP contribution in [0.4, 0.5) is 5.69 Å². The van der Waals surface area contributed by atoms with Gasteiger partial charge in [-0.15, -0.1) is 11.3 Å². The van der Waals surface area contributed by atoms with E-state index in [0.29, 0.717) is 23.4 Å². The maximum absolute atomic E-state index is 12.4.